The van der Waals surface area contributed by atoms with Crippen LogP contribution in [0.15, 0.2) is 57.9 Å². The fourth-order valence-corrected chi connectivity index (χ4v) is 3.56. The van der Waals surface area contributed by atoms with Gasteiger partial charge in [0.15, 0.2) is 0 Å². The minimum absolute atomic E-state index is 0.191. The smallest absolute Gasteiger partial charge is 0.123 e. The minimum Gasteiger partial charge on any atom is -0.309 e. The highest BCUT2D eigenvalue weighted by Gasteiger charge is 2.11. The van der Waals surface area contributed by atoms with Crippen LogP contribution in [-0.4, -0.2) is 12.3 Å². The van der Waals surface area contributed by atoms with E-state index in [2.05, 4.69) is 40.3 Å². The summed E-state index contributed by atoms with van der Waals surface area (Å²) in [5, 5.41) is 3.45. The number of thioether (sulfide) groups is 1. The van der Waals surface area contributed by atoms with Crippen LogP contribution in [0.5, 0.6) is 0 Å². The van der Waals surface area contributed by atoms with E-state index in [1.165, 1.54) is 17.0 Å². The number of nitrogens with one attached hydrogen (secondary N) is 1. The van der Waals surface area contributed by atoms with Gasteiger partial charge in [-0.3, -0.25) is 0 Å². The Labute approximate surface area is 132 Å². The van der Waals surface area contributed by atoms with Crippen LogP contribution in [0.25, 0.3) is 0 Å². The summed E-state index contributed by atoms with van der Waals surface area (Å²) >= 11 is 5.28. The van der Waals surface area contributed by atoms with Crippen molar-refractivity contribution in [3.05, 3.63) is 64.4 Å². The molecule has 1 N–H and O–H groups in total. The summed E-state index contributed by atoms with van der Waals surface area (Å²) in [6, 6.07) is 15.2. The molecule has 1 atom stereocenters. The first-order valence-corrected chi connectivity index (χ1v) is 8.34. The Morgan fingerprint density at radius 3 is 2.60 bits per heavy atom. The van der Waals surface area contributed by atoms with Crippen molar-refractivity contribution >= 4 is 27.7 Å². The van der Waals surface area contributed by atoms with E-state index in [0.717, 1.165) is 22.3 Å². The van der Waals surface area contributed by atoms with Gasteiger partial charge in [0.25, 0.3) is 0 Å². The number of rotatable bonds is 6. The third-order valence-electron chi connectivity index (χ3n) is 2.94. The lowest BCUT2D eigenvalue weighted by Crippen LogP contribution is -2.22. The first kappa shape index (κ1) is 15.5. The Kier molecular flexibility index (Phi) is 6.07. The first-order chi connectivity index (χ1) is 9.69. The molecule has 1 nitrogen and oxygen atoms in total. The Morgan fingerprint density at radius 2 is 1.95 bits per heavy atom. The van der Waals surface area contributed by atoms with Gasteiger partial charge in [-0.2, -0.15) is 0 Å². The van der Waals surface area contributed by atoms with Crippen molar-refractivity contribution in [2.24, 2.45) is 0 Å². The predicted molar refractivity (Wildman–Crippen MR) is 87.7 cm³/mol. The molecule has 0 heterocycles. The van der Waals surface area contributed by atoms with E-state index >= 15 is 0 Å². The number of halogens is 2. The number of benzene rings is 2. The second kappa shape index (κ2) is 7.81. The molecule has 2 aromatic rings. The van der Waals surface area contributed by atoms with E-state index in [1.807, 2.05) is 24.3 Å². The standard InChI is InChI=1S/C16H17BrFNS/c1-2-19-16(12-6-8-14(18)9-7-12)11-20-15-5-3-4-13(17)10-15/h3-10,16,19H,2,11H2,1H3. The molecule has 0 aliphatic rings. The minimum atomic E-state index is -0.191. The Bertz CT molecular complexity index is 544. The van der Waals surface area contributed by atoms with Gasteiger partial charge in [-0.1, -0.05) is 41.1 Å². The topological polar surface area (TPSA) is 12.0 Å². The molecule has 2 rings (SSSR count). The summed E-state index contributed by atoms with van der Waals surface area (Å²) in [6.07, 6.45) is 0. The quantitative estimate of drug-likeness (QED) is 0.730. The van der Waals surface area contributed by atoms with Crippen LogP contribution < -0.4 is 5.32 Å². The van der Waals surface area contributed by atoms with E-state index in [1.54, 1.807) is 11.8 Å². The van der Waals surface area contributed by atoms with Gasteiger partial charge in [0.1, 0.15) is 5.82 Å². The van der Waals surface area contributed by atoms with Crippen molar-refractivity contribution in [1.82, 2.24) is 5.32 Å². The highest BCUT2D eigenvalue weighted by Crippen LogP contribution is 2.26. The highest BCUT2D eigenvalue weighted by molar-refractivity contribution is 9.10. The lowest BCUT2D eigenvalue weighted by Gasteiger charge is -2.18. The van der Waals surface area contributed by atoms with Crippen molar-refractivity contribution in [3.8, 4) is 0 Å². The van der Waals surface area contributed by atoms with Crippen molar-refractivity contribution in [2.75, 3.05) is 12.3 Å². The zero-order valence-corrected chi connectivity index (χ0v) is 13.7. The summed E-state index contributed by atoms with van der Waals surface area (Å²) in [4.78, 5) is 1.23. The van der Waals surface area contributed by atoms with Gasteiger partial charge < -0.3 is 5.32 Å². The van der Waals surface area contributed by atoms with Gasteiger partial charge in [0, 0.05) is 21.2 Å². The van der Waals surface area contributed by atoms with Gasteiger partial charge in [-0.25, -0.2) is 4.39 Å². The summed E-state index contributed by atoms with van der Waals surface area (Å²) < 4.78 is 14.1. The zero-order chi connectivity index (χ0) is 14.4. The van der Waals surface area contributed by atoms with Crippen LogP contribution in [0, 0.1) is 5.82 Å². The molecule has 0 saturated heterocycles. The van der Waals surface area contributed by atoms with Gasteiger partial charge in [-0.15, -0.1) is 11.8 Å². The summed E-state index contributed by atoms with van der Waals surface area (Å²) in [5.74, 6) is 0.722. The van der Waals surface area contributed by atoms with Crippen LogP contribution >= 0.6 is 27.7 Å². The highest BCUT2D eigenvalue weighted by atomic mass is 79.9. The predicted octanol–water partition coefficient (Wildman–Crippen LogP) is 5.03. The fraction of sp³-hybridized carbons (Fsp3) is 0.250. The molecule has 0 amide bonds. The largest absolute Gasteiger partial charge is 0.309 e. The van der Waals surface area contributed by atoms with Crippen LogP contribution in [0.3, 0.4) is 0 Å². The molecule has 0 spiro atoms. The molecule has 0 bridgehead atoms. The van der Waals surface area contributed by atoms with Crippen molar-refractivity contribution in [2.45, 2.75) is 17.9 Å². The maximum atomic E-state index is 13.0. The Morgan fingerprint density at radius 1 is 1.20 bits per heavy atom. The number of hydrogen-bond donors (Lipinski definition) is 1. The molecule has 1 unspecified atom stereocenters. The number of hydrogen-bond acceptors (Lipinski definition) is 2. The van der Waals surface area contributed by atoms with E-state index in [4.69, 9.17) is 0 Å². The molecular formula is C16H17BrFNS. The summed E-state index contributed by atoms with van der Waals surface area (Å²) in [6.45, 7) is 2.97. The van der Waals surface area contributed by atoms with Gasteiger partial charge in [0.2, 0.25) is 0 Å². The van der Waals surface area contributed by atoms with E-state index in [9.17, 15) is 4.39 Å². The molecule has 0 saturated carbocycles. The molecule has 20 heavy (non-hydrogen) atoms. The second-order valence-electron chi connectivity index (χ2n) is 4.43. The average molecular weight is 354 g/mol. The maximum Gasteiger partial charge on any atom is 0.123 e. The maximum absolute atomic E-state index is 13.0. The van der Waals surface area contributed by atoms with Gasteiger partial charge >= 0.3 is 0 Å². The third kappa shape index (κ3) is 4.62. The molecule has 2 aromatic carbocycles. The zero-order valence-electron chi connectivity index (χ0n) is 11.3. The Hall–Kier alpha value is -0.840. The third-order valence-corrected chi connectivity index (χ3v) is 4.52. The molecular weight excluding hydrogens is 337 g/mol. The molecule has 106 valence electrons. The van der Waals surface area contributed by atoms with E-state index < -0.39 is 0 Å². The second-order valence-corrected chi connectivity index (χ2v) is 6.44. The molecule has 4 heteroatoms. The Balaban J connectivity index is 2.04. The van der Waals surface area contributed by atoms with Gasteiger partial charge in [0.05, 0.1) is 0 Å². The monoisotopic (exact) mass is 353 g/mol. The lowest BCUT2D eigenvalue weighted by molar-refractivity contribution is 0.598. The lowest BCUT2D eigenvalue weighted by atomic mass is 10.1. The van der Waals surface area contributed by atoms with Gasteiger partial charge in [-0.05, 0) is 42.4 Å². The fourth-order valence-electron chi connectivity index (χ4n) is 1.95. The molecule has 0 aliphatic carbocycles. The molecule has 0 fully saturated rings. The molecule has 0 radical (unpaired) electrons. The van der Waals surface area contributed by atoms with Crippen LogP contribution in [0.4, 0.5) is 4.39 Å². The summed E-state index contributed by atoms with van der Waals surface area (Å²) in [7, 11) is 0. The van der Waals surface area contributed by atoms with Crippen LogP contribution in [0.1, 0.15) is 18.5 Å². The normalized spacial score (nSPS) is 12.3. The first-order valence-electron chi connectivity index (χ1n) is 6.56. The van der Waals surface area contributed by atoms with E-state index in [0.29, 0.717) is 0 Å². The van der Waals surface area contributed by atoms with Crippen molar-refractivity contribution in [1.29, 1.82) is 0 Å². The van der Waals surface area contributed by atoms with Crippen molar-refractivity contribution in [3.63, 3.8) is 0 Å². The van der Waals surface area contributed by atoms with Crippen LogP contribution in [0.2, 0.25) is 0 Å². The summed E-state index contributed by atoms with van der Waals surface area (Å²) in [5.41, 5.74) is 1.12. The molecule has 0 aliphatic heterocycles. The SMILES string of the molecule is CCNC(CSc1cccc(Br)c1)c1ccc(F)cc1. The van der Waals surface area contributed by atoms with Crippen molar-refractivity contribution < 1.29 is 4.39 Å². The molecule has 0 aromatic heterocycles. The average Bonchev–Trinajstić information content (AvgIpc) is 2.44. The van der Waals surface area contributed by atoms with E-state index in [-0.39, 0.29) is 11.9 Å². The van der Waals surface area contributed by atoms with Crippen LogP contribution in [-0.2, 0) is 0 Å².